The number of piperidine rings is 1. The maximum absolute atomic E-state index is 10.9. The molecule has 0 aromatic carbocycles. The van der Waals surface area contributed by atoms with Gasteiger partial charge in [-0.15, -0.1) is 0 Å². The molecule has 0 aromatic rings. The van der Waals surface area contributed by atoms with Crippen LogP contribution in [-0.4, -0.2) is 37.5 Å². The van der Waals surface area contributed by atoms with Crippen LogP contribution in [0.3, 0.4) is 0 Å². The lowest BCUT2D eigenvalue weighted by Gasteiger charge is -2.39. The number of hydrogen-bond acceptors (Lipinski definition) is 3. The van der Waals surface area contributed by atoms with Crippen LogP contribution in [0.25, 0.3) is 0 Å². The largest absolute Gasteiger partial charge is 0.370 e. The third-order valence-electron chi connectivity index (χ3n) is 3.03. The smallest absolute Gasteiger partial charge is 0.218 e. The Morgan fingerprint density at radius 1 is 1.46 bits per heavy atom. The van der Waals surface area contributed by atoms with E-state index in [1.165, 1.54) is 0 Å². The first kappa shape index (κ1) is 10.5. The normalized spacial score (nSPS) is 22.9. The molecule has 4 heteroatoms. The van der Waals surface area contributed by atoms with Crippen LogP contribution in [0.2, 0.25) is 0 Å². The molecule has 1 fully saturated rings. The monoisotopic (exact) mass is 185 g/mol. The van der Waals surface area contributed by atoms with Crippen molar-refractivity contribution >= 4 is 5.91 Å². The average Bonchev–Trinajstić information content (AvgIpc) is 2.09. The summed E-state index contributed by atoms with van der Waals surface area (Å²) in [6, 6.07) is 0. The second-order valence-corrected chi connectivity index (χ2v) is 4.15. The summed E-state index contributed by atoms with van der Waals surface area (Å²) >= 11 is 0. The molecule has 1 aliphatic heterocycles. The first-order valence-corrected chi connectivity index (χ1v) is 4.75. The van der Waals surface area contributed by atoms with E-state index in [0.717, 1.165) is 25.9 Å². The topological polar surface area (TPSA) is 72.3 Å². The second-order valence-electron chi connectivity index (χ2n) is 4.15. The average molecular weight is 185 g/mol. The van der Waals surface area contributed by atoms with E-state index >= 15 is 0 Å². The molecule has 0 atom stereocenters. The minimum Gasteiger partial charge on any atom is -0.370 e. The molecule has 0 aromatic heterocycles. The number of hydrogen-bond donors (Lipinski definition) is 2. The number of nitrogens with zero attached hydrogens (tertiary/aromatic N) is 1. The lowest BCUT2D eigenvalue weighted by molar-refractivity contribution is -0.120. The molecule has 1 aliphatic rings. The summed E-state index contributed by atoms with van der Waals surface area (Å²) in [4.78, 5) is 13.1. The molecular weight excluding hydrogens is 166 g/mol. The van der Waals surface area contributed by atoms with Crippen molar-refractivity contribution in [3.05, 3.63) is 0 Å². The van der Waals surface area contributed by atoms with E-state index in [9.17, 15) is 4.79 Å². The summed E-state index contributed by atoms with van der Waals surface area (Å²) in [6.07, 6.45) is 2.42. The fraction of sp³-hybridized carbons (Fsp3) is 0.889. The third kappa shape index (κ3) is 2.67. The highest BCUT2D eigenvalue weighted by Gasteiger charge is 2.33. The summed E-state index contributed by atoms with van der Waals surface area (Å²) in [5.41, 5.74) is 10.9. The van der Waals surface area contributed by atoms with Crippen LogP contribution in [-0.2, 0) is 4.79 Å². The molecule has 0 unspecified atom stereocenters. The molecule has 1 heterocycles. The van der Waals surface area contributed by atoms with Gasteiger partial charge in [-0.2, -0.15) is 0 Å². The summed E-state index contributed by atoms with van der Waals surface area (Å²) in [5.74, 6) is -0.227. The van der Waals surface area contributed by atoms with E-state index in [4.69, 9.17) is 11.5 Å². The summed E-state index contributed by atoms with van der Waals surface area (Å²) in [6.45, 7) is 2.61. The number of amides is 1. The zero-order chi connectivity index (χ0) is 9.90. The Balaban J connectivity index is 2.55. The quantitative estimate of drug-likeness (QED) is 0.624. The predicted molar refractivity (Wildman–Crippen MR) is 52.0 cm³/mol. The predicted octanol–water partition coefficient (Wildman–Crippen LogP) is -0.467. The van der Waals surface area contributed by atoms with Crippen molar-refractivity contribution in [1.29, 1.82) is 0 Å². The SMILES string of the molecule is CN1CCC(CN)(CC(N)=O)CC1. The van der Waals surface area contributed by atoms with Gasteiger partial charge in [-0.3, -0.25) is 4.79 Å². The van der Waals surface area contributed by atoms with Gasteiger partial charge in [-0.05, 0) is 44.9 Å². The Morgan fingerprint density at radius 3 is 2.38 bits per heavy atom. The van der Waals surface area contributed by atoms with Crippen LogP contribution in [0.15, 0.2) is 0 Å². The maximum atomic E-state index is 10.9. The lowest BCUT2D eigenvalue weighted by atomic mass is 9.75. The van der Waals surface area contributed by atoms with Gasteiger partial charge in [0.25, 0.3) is 0 Å². The van der Waals surface area contributed by atoms with Crippen molar-refractivity contribution in [3.8, 4) is 0 Å². The molecule has 4 nitrogen and oxygen atoms in total. The first-order chi connectivity index (χ1) is 6.08. The highest BCUT2D eigenvalue weighted by Crippen LogP contribution is 2.33. The van der Waals surface area contributed by atoms with Crippen molar-refractivity contribution < 1.29 is 4.79 Å². The van der Waals surface area contributed by atoms with Crippen LogP contribution >= 0.6 is 0 Å². The number of carbonyl (C=O) groups is 1. The number of likely N-dealkylation sites (tertiary alicyclic amines) is 1. The number of primary amides is 1. The third-order valence-corrected chi connectivity index (χ3v) is 3.03. The second kappa shape index (κ2) is 4.07. The molecule has 13 heavy (non-hydrogen) atoms. The summed E-state index contributed by atoms with van der Waals surface area (Å²) in [5, 5.41) is 0. The Hall–Kier alpha value is -0.610. The van der Waals surface area contributed by atoms with Gasteiger partial charge in [0, 0.05) is 6.42 Å². The maximum Gasteiger partial charge on any atom is 0.218 e. The van der Waals surface area contributed by atoms with Gasteiger partial charge in [-0.25, -0.2) is 0 Å². The van der Waals surface area contributed by atoms with Crippen molar-refractivity contribution in [1.82, 2.24) is 4.90 Å². The van der Waals surface area contributed by atoms with Crippen LogP contribution in [0.5, 0.6) is 0 Å². The molecule has 1 saturated heterocycles. The van der Waals surface area contributed by atoms with Gasteiger partial charge in [0.1, 0.15) is 0 Å². The zero-order valence-corrected chi connectivity index (χ0v) is 8.25. The lowest BCUT2D eigenvalue weighted by Crippen LogP contribution is -2.44. The Morgan fingerprint density at radius 2 is 2.00 bits per heavy atom. The Kier molecular flexibility index (Phi) is 3.27. The van der Waals surface area contributed by atoms with Crippen LogP contribution in [0, 0.1) is 5.41 Å². The molecule has 0 radical (unpaired) electrons. The van der Waals surface area contributed by atoms with Gasteiger partial charge in [0.15, 0.2) is 0 Å². The molecule has 1 amide bonds. The van der Waals surface area contributed by atoms with Crippen molar-refractivity contribution in [2.24, 2.45) is 16.9 Å². The Labute approximate surface area is 79.3 Å². The zero-order valence-electron chi connectivity index (χ0n) is 8.25. The van der Waals surface area contributed by atoms with E-state index in [1.54, 1.807) is 0 Å². The van der Waals surface area contributed by atoms with Crippen LogP contribution < -0.4 is 11.5 Å². The highest BCUT2D eigenvalue weighted by atomic mass is 16.1. The molecule has 0 aliphatic carbocycles. The summed E-state index contributed by atoms with van der Waals surface area (Å²) in [7, 11) is 2.09. The fourth-order valence-corrected chi connectivity index (χ4v) is 1.92. The highest BCUT2D eigenvalue weighted by molar-refractivity contribution is 5.74. The molecule has 0 bridgehead atoms. The Bertz CT molecular complexity index is 185. The molecule has 0 spiro atoms. The minimum atomic E-state index is -0.227. The van der Waals surface area contributed by atoms with E-state index in [-0.39, 0.29) is 11.3 Å². The number of rotatable bonds is 3. The first-order valence-electron chi connectivity index (χ1n) is 4.75. The minimum absolute atomic E-state index is 0.0155. The standard InChI is InChI=1S/C9H19N3O/c1-12-4-2-9(7-10,3-5-12)6-8(11)13/h2-7,10H2,1H3,(H2,11,13). The van der Waals surface area contributed by atoms with Crippen LogP contribution in [0.1, 0.15) is 19.3 Å². The summed E-state index contributed by atoms with van der Waals surface area (Å²) < 4.78 is 0. The molecule has 0 saturated carbocycles. The van der Waals surface area contributed by atoms with E-state index in [2.05, 4.69) is 11.9 Å². The number of carbonyl (C=O) groups excluding carboxylic acids is 1. The van der Waals surface area contributed by atoms with E-state index in [0.29, 0.717) is 13.0 Å². The van der Waals surface area contributed by atoms with Crippen LogP contribution in [0.4, 0.5) is 0 Å². The number of nitrogens with two attached hydrogens (primary N) is 2. The van der Waals surface area contributed by atoms with Crippen molar-refractivity contribution in [2.75, 3.05) is 26.7 Å². The van der Waals surface area contributed by atoms with Gasteiger partial charge < -0.3 is 16.4 Å². The van der Waals surface area contributed by atoms with Gasteiger partial charge in [0.05, 0.1) is 0 Å². The molecule has 76 valence electrons. The van der Waals surface area contributed by atoms with E-state index < -0.39 is 0 Å². The molecular formula is C9H19N3O. The van der Waals surface area contributed by atoms with E-state index in [1.807, 2.05) is 0 Å². The van der Waals surface area contributed by atoms with Gasteiger partial charge >= 0.3 is 0 Å². The molecule has 1 rings (SSSR count). The molecule has 4 N–H and O–H groups in total. The van der Waals surface area contributed by atoms with Crippen molar-refractivity contribution in [2.45, 2.75) is 19.3 Å². The van der Waals surface area contributed by atoms with Crippen molar-refractivity contribution in [3.63, 3.8) is 0 Å². The fourth-order valence-electron chi connectivity index (χ4n) is 1.92. The van der Waals surface area contributed by atoms with Gasteiger partial charge in [0.2, 0.25) is 5.91 Å². The van der Waals surface area contributed by atoms with Gasteiger partial charge in [-0.1, -0.05) is 0 Å².